The van der Waals surface area contributed by atoms with E-state index in [0.29, 0.717) is 49.7 Å². The maximum Gasteiger partial charge on any atom is 0.245 e. The van der Waals surface area contributed by atoms with E-state index in [4.69, 9.17) is 0 Å². The summed E-state index contributed by atoms with van der Waals surface area (Å²) >= 11 is 4.29. The van der Waals surface area contributed by atoms with Crippen molar-refractivity contribution in [2.45, 2.75) is 58.7 Å². The first-order chi connectivity index (χ1) is 16.6. The van der Waals surface area contributed by atoms with Gasteiger partial charge in [-0.25, -0.2) is 4.39 Å². The van der Waals surface area contributed by atoms with Gasteiger partial charge in [-0.3, -0.25) is 17.8 Å². The summed E-state index contributed by atoms with van der Waals surface area (Å²) in [5.41, 5.74) is 3.27. The van der Waals surface area contributed by atoms with Crippen molar-refractivity contribution in [3.63, 3.8) is 0 Å². The molecule has 35 heavy (non-hydrogen) atoms. The molecule has 2 heterocycles. The van der Waals surface area contributed by atoms with E-state index in [9.17, 15) is 14.4 Å². The maximum atomic E-state index is 14.2. The van der Waals surface area contributed by atoms with E-state index in [2.05, 4.69) is 73.2 Å². The molecule has 1 amide bonds. The Balaban J connectivity index is 1.78. The fourth-order valence-corrected chi connectivity index (χ4v) is 5.70. The average Bonchev–Trinajstić information content (AvgIpc) is 2.82. The van der Waals surface area contributed by atoms with Gasteiger partial charge in [0.2, 0.25) is 5.91 Å². The Morgan fingerprint density at radius 2 is 2.03 bits per heavy atom. The van der Waals surface area contributed by atoms with Crippen LogP contribution in [-0.2, 0) is 4.79 Å². The average molecular weight is 705 g/mol. The highest BCUT2D eigenvalue weighted by Gasteiger charge is 2.36. The molecule has 0 aromatic heterocycles. The minimum Gasteiger partial charge on any atom is -0.369 e. The summed E-state index contributed by atoms with van der Waals surface area (Å²) in [5, 5.41) is 9.68. The second-order valence-corrected chi connectivity index (χ2v) is 11.9. The maximum absolute atomic E-state index is 14.2. The predicted molar refractivity (Wildman–Crippen MR) is 156 cm³/mol. The Kier molecular flexibility index (Phi) is 9.97. The highest BCUT2D eigenvalue weighted by molar-refractivity contribution is 14.1. The molecule has 3 aliphatic rings. The molecule has 0 spiro atoms. The van der Waals surface area contributed by atoms with E-state index >= 15 is 0 Å². The summed E-state index contributed by atoms with van der Waals surface area (Å²) in [6.07, 6.45) is 7.46. The monoisotopic (exact) mass is 705 g/mol. The first kappa shape index (κ1) is 28.3. The smallest absolute Gasteiger partial charge is 0.245 e. The van der Waals surface area contributed by atoms with Crippen LogP contribution < -0.4 is 0 Å². The highest BCUT2D eigenvalue weighted by Crippen LogP contribution is 2.33. The van der Waals surface area contributed by atoms with Gasteiger partial charge < -0.3 is 4.90 Å². The molecule has 9 heteroatoms. The molecule has 0 unspecified atom stereocenters. The summed E-state index contributed by atoms with van der Waals surface area (Å²) in [4.78, 5) is 22.2. The van der Waals surface area contributed by atoms with Gasteiger partial charge in [0.1, 0.15) is 11.7 Å². The van der Waals surface area contributed by atoms with Gasteiger partial charge in [-0.15, -0.1) is 0 Å². The minimum atomic E-state index is -1.12. The Morgan fingerprint density at radius 1 is 1.34 bits per heavy atom. The van der Waals surface area contributed by atoms with Gasteiger partial charge in [0.25, 0.3) is 0 Å². The van der Waals surface area contributed by atoms with Gasteiger partial charge in [0, 0.05) is 43.6 Å². The van der Waals surface area contributed by atoms with Crippen molar-refractivity contribution in [1.29, 1.82) is 5.26 Å². The lowest BCUT2D eigenvalue weighted by Crippen LogP contribution is -2.51. The van der Waals surface area contributed by atoms with Crippen LogP contribution in [0.25, 0.3) is 0 Å². The number of amides is 1. The minimum absolute atomic E-state index is 0.0679. The number of hydrogen-bond donors (Lipinski definition) is 0. The lowest BCUT2D eigenvalue weighted by molar-refractivity contribution is -0.129. The third-order valence-electron chi connectivity index (χ3n) is 6.83. The van der Waals surface area contributed by atoms with Crippen LogP contribution in [0.1, 0.15) is 47.0 Å². The van der Waals surface area contributed by atoms with Gasteiger partial charge in [-0.05, 0) is 62.2 Å². The van der Waals surface area contributed by atoms with Crippen LogP contribution >= 0.6 is 45.5 Å². The van der Waals surface area contributed by atoms with Crippen LogP contribution in [0.2, 0.25) is 0 Å². The zero-order chi connectivity index (χ0) is 25.8. The standard InChI is InChI=1S/C26H34FI2N5O/c1-18(2)24-22(6-5-20(14-30)25(24)31-10-9-28)33-15-19(3)13-21(16-33)34(29)23(35)17-32-11-7-26(4,27)8-12-32/h5-6,9-10,19,21H,7-8,11-13,15-17H2,1-4H3/b10-9-,31-25?/t19-,21+/m0/s1. The van der Waals surface area contributed by atoms with E-state index < -0.39 is 5.67 Å². The van der Waals surface area contributed by atoms with E-state index in [1.165, 1.54) is 0 Å². The van der Waals surface area contributed by atoms with Crippen molar-refractivity contribution < 1.29 is 9.18 Å². The molecule has 2 fully saturated rings. The second-order valence-electron chi connectivity index (χ2n) is 10.2. The Hall–Kier alpha value is -1.26. The zero-order valence-corrected chi connectivity index (χ0v) is 25.2. The molecular weight excluding hydrogens is 671 g/mol. The van der Waals surface area contributed by atoms with E-state index in [1.54, 1.807) is 13.1 Å². The molecule has 0 bridgehead atoms. The van der Waals surface area contributed by atoms with Gasteiger partial charge in [0.05, 0.1) is 46.7 Å². The van der Waals surface area contributed by atoms with Crippen LogP contribution in [0, 0.1) is 17.2 Å². The molecule has 0 aromatic carbocycles. The Morgan fingerprint density at radius 3 is 2.63 bits per heavy atom. The number of carbonyl (C=O) groups is 1. The Bertz CT molecular complexity index is 1010. The second kappa shape index (κ2) is 12.3. The van der Waals surface area contributed by atoms with Crippen LogP contribution in [0.5, 0.6) is 0 Å². The lowest BCUT2D eigenvalue weighted by atomic mass is 9.88. The van der Waals surface area contributed by atoms with E-state index in [0.717, 1.165) is 36.4 Å². The molecule has 2 atom stereocenters. The topological polar surface area (TPSA) is 62.9 Å². The molecule has 2 saturated heterocycles. The quantitative estimate of drug-likeness (QED) is 0.271. The fourth-order valence-electron chi connectivity index (χ4n) is 4.98. The van der Waals surface area contributed by atoms with Crippen LogP contribution in [0.15, 0.2) is 49.8 Å². The van der Waals surface area contributed by atoms with Crippen LogP contribution in [-0.4, -0.2) is 69.0 Å². The number of hydrogen-bond acceptors (Lipinski definition) is 5. The van der Waals surface area contributed by atoms with Crippen molar-refractivity contribution in [2.75, 3.05) is 32.7 Å². The van der Waals surface area contributed by atoms with E-state index in [1.807, 2.05) is 33.2 Å². The summed E-state index contributed by atoms with van der Waals surface area (Å²) in [5.74, 6) is 0.476. The zero-order valence-electron chi connectivity index (χ0n) is 20.9. The first-order valence-electron chi connectivity index (χ1n) is 12.0. The number of aliphatic imine (C=N–C) groups is 1. The van der Waals surface area contributed by atoms with Crippen molar-refractivity contribution in [2.24, 2.45) is 10.9 Å². The first-order valence-corrected chi connectivity index (χ1v) is 14.2. The fraction of sp³-hybridized carbons (Fsp3) is 0.577. The number of allylic oxidation sites excluding steroid dienone is 5. The number of halogens is 3. The number of rotatable bonds is 5. The van der Waals surface area contributed by atoms with Gasteiger partial charge in [-0.1, -0.05) is 35.1 Å². The van der Waals surface area contributed by atoms with E-state index in [-0.39, 0.29) is 11.9 Å². The molecule has 190 valence electrons. The third kappa shape index (κ3) is 7.16. The normalized spacial score (nSPS) is 26.4. The van der Waals surface area contributed by atoms with Crippen LogP contribution in [0.4, 0.5) is 4.39 Å². The summed E-state index contributed by atoms with van der Waals surface area (Å²) in [6, 6.07) is 2.35. The summed E-state index contributed by atoms with van der Waals surface area (Å²) in [7, 11) is 0. The molecule has 0 radical (unpaired) electrons. The SMILES string of the molecule is CC(C)=C1C(N2C[C@@H](C)C[C@@H](N(I)C(=O)CN3CCC(C)(F)CC3)C2)=CC=C(C#N)C1=N/C=C\I. The molecule has 3 rings (SSSR count). The molecule has 1 aliphatic carbocycles. The lowest BCUT2D eigenvalue weighted by Gasteiger charge is -2.43. The third-order valence-corrected chi connectivity index (χ3v) is 8.48. The molecule has 0 N–H and O–H groups in total. The number of nitriles is 1. The Labute approximate surface area is 236 Å². The number of likely N-dealkylation sites (tertiary alicyclic amines) is 2. The number of carbonyl (C=O) groups excluding carboxylic acids is 1. The molecule has 6 nitrogen and oxygen atoms in total. The van der Waals surface area contributed by atoms with Crippen molar-refractivity contribution in [3.8, 4) is 6.07 Å². The number of nitrogens with zero attached hydrogens (tertiary/aromatic N) is 5. The molecular formula is C26H34FI2N5O. The molecule has 0 saturated carbocycles. The summed E-state index contributed by atoms with van der Waals surface area (Å²) < 4.78 is 17.8. The molecule has 2 aliphatic heterocycles. The highest BCUT2D eigenvalue weighted by atomic mass is 127. The van der Waals surface area contributed by atoms with Gasteiger partial charge >= 0.3 is 0 Å². The summed E-state index contributed by atoms with van der Waals surface area (Å²) in [6.45, 7) is 11.1. The van der Waals surface area contributed by atoms with Crippen molar-refractivity contribution >= 4 is 57.1 Å². The van der Waals surface area contributed by atoms with Gasteiger partial charge in [-0.2, -0.15) is 5.26 Å². The van der Waals surface area contributed by atoms with Gasteiger partial charge in [0.15, 0.2) is 0 Å². The van der Waals surface area contributed by atoms with Crippen LogP contribution in [0.3, 0.4) is 0 Å². The largest absolute Gasteiger partial charge is 0.369 e. The predicted octanol–water partition coefficient (Wildman–Crippen LogP) is 5.73. The molecule has 0 aromatic rings. The number of alkyl halides is 1. The van der Waals surface area contributed by atoms with Crippen molar-refractivity contribution in [1.82, 2.24) is 12.9 Å². The number of piperidine rings is 2. The van der Waals surface area contributed by atoms with Crippen molar-refractivity contribution in [3.05, 3.63) is 44.9 Å².